The molecule has 2 rings (SSSR count). The first kappa shape index (κ1) is 18.9. The lowest BCUT2D eigenvalue weighted by atomic mass is 9.94. The molecule has 0 aromatic carbocycles. The third-order valence-corrected chi connectivity index (χ3v) is 4.70. The Hall–Kier alpha value is -2.43. The summed E-state index contributed by atoms with van der Waals surface area (Å²) in [5, 5.41) is 12.0. The maximum Gasteiger partial charge on any atom is 0.326 e. The molecule has 1 aliphatic carbocycles. The standard InChI is InChI=1S/C17H24N4O4/c1-20-11-15(23)21(17(20)25)9-5-8-14(22)13(10-18)16(24)19-12-6-3-2-4-7-12/h12-13H,2-9,11H2,1H3,(H,19,24)/t13-/m1/s1. The first-order valence-corrected chi connectivity index (χ1v) is 8.72. The molecule has 1 saturated carbocycles. The van der Waals surface area contributed by atoms with Gasteiger partial charge >= 0.3 is 6.03 Å². The number of carbonyl (C=O) groups excluding carboxylic acids is 4. The van der Waals surface area contributed by atoms with Gasteiger partial charge in [-0.1, -0.05) is 19.3 Å². The molecule has 4 amide bonds. The van der Waals surface area contributed by atoms with Gasteiger partial charge in [-0.2, -0.15) is 5.26 Å². The molecule has 8 heteroatoms. The predicted octanol–water partition coefficient (Wildman–Crippen LogP) is 0.818. The number of urea groups is 1. The van der Waals surface area contributed by atoms with Crippen LogP contribution in [0.1, 0.15) is 44.9 Å². The minimum atomic E-state index is -1.32. The number of Topliss-reactive ketones (excluding diaryl/α,β-unsaturated/α-hetero) is 1. The molecule has 0 aromatic heterocycles. The van der Waals surface area contributed by atoms with Crippen LogP contribution in [0.2, 0.25) is 0 Å². The highest BCUT2D eigenvalue weighted by Crippen LogP contribution is 2.18. The number of rotatable bonds is 7. The summed E-state index contributed by atoms with van der Waals surface area (Å²) in [6.45, 7) is 0.160. The monoisotopic (exact) mass is 348 g/mol. The van der Waals surface area contributed by atoms with Crippen molar-refractivity contribution in [2.24, 2.45) is 5.92 Å². The highest BCUT2D eigenvalue weighted by molar-refractivity contribution is 6.04. The molecular formula is C17H24N4O4. The smallest absolute Gasteiger partial charge is 0.326 e. The van der Waals surface area contributed by atoms with Crippen molar-refractivity contribution in [3.63, 3.8) is 0 Å². The second-order valence-corrected chi connectivity index (χ2v) is 6.66. The van der Waals surface area contributed by atoms with Gasteiger partial charge < -0.3 is 10.2 Å². The van der Waals surface area contributed by atoms with E-state index in [-0.39, 0.29) is 43.9 Å². The Morgan fingerprint density at radius 1 is 1.28 bits per heavy atom. The van der Waals surface area contributed by atoms with Crippen LogP contribution < -0.4 is 5.32 Å². The first-order chi connectivity index (χ1) is 11.9. The first-order valence-electron chi connectivity index (χ1n) is 8.72. The fourth-order valence-corrected chi connectivity index (χ4v) is 3.25. The van der Waals surface area contributed by atoms with Gasteiger partial charge in [0, 0.05) is 26.1 Å². The van der Waals surface area contributed by atoms with E-state index >= 15 is 0 Å². The molecule has 2 fully saturated rings. The number of hydrogen-bond donors (Lipinski definition) is 1. The Morgan fingerprint density at radius 3 is 2.52 bits per heavy atom. The lowest BCUT2D eigenvalue weighted by Crippen LogP contribution is -2.42. The lowest BCUT2D eigenvalue weighted by Gasteiger charge is -2.23. The summed E-state index contributed by atoms with van der Waals surface area (Å²) in [5.41, 5.74) is 0. The minimum absolute atomic E-state index is 0.0168. The van der Waals surface area contributed by atoms with E-state index in [1.165, 1.54) is 11.9 Å². The average molecular weight is 348 g/mol. The molecule has 25 heavy (non-hydrogen) atoms. The van der Waals surface area contributed by atoms with Crippen LogP contribution in [-0.4, -0.2) is 59.6 Å². The Morgan fingerprint density at radius 2 is 1.96 bits per heavy atom. The number of nitriles is 1. The van der Waals surface area contributed by atoms with E-state index in [4.69, 9.17) is 5.26 Å². The SMILES string of the molecule is CN1CC(=O)N(CCCC(=O)[C@@H](C#N)C(=O)NC2CCCCC2)C1=O. The second-order valence-electron chi connectivity index (χ2n) is 6.66. The fraction of sp³-hybridized carbons (Fsp3) is 0.706. The van der Waals surface area contributed by atoms with Crippen molar-refractivity contribution < 1.29 is 19.2 Å². The molecule has 136 valence electrons. The molecule has 8 nitrogen and oxygen atoms in total. The van der Waals surface area contributed by atoms with Crippen molar-refractivity contribution >= 4 is 23.6 Å². The highest BCUT2D eigenvalue weighted by atomic mass is 16.2. The zero-order valence-corrected chi connectivity index (χ0v) is 14.5. The number of likely N-dealkylation sites (N-methyl/N-ethyl adjacent to an activating group) is 1. The van der Waals surface area contributed by atoms with Crippen LogP contribution in [0.25, 0.3) is 0 Å². The van der Waals surface area contributed by atoms with Crippen molar-refractivity contribution in [3.05, 3.63) is 0 Å². The van der Waals surface area contributed by atoms with Crippen LogP contribution in [0.4, 0.5) is 4.79 Å². The highest BCUT2D eigenvalue weighted by Gasteiger charge is 2.33. The van der Waals surface area contributed by atoms with Gasteiger partial charge in [-0.15, -0.1) is 0 Å². The Labute approximate surface area is 147 Å². The van der Waals surface area contributed by atoms with E-state index in [1.54, 1.807) is 6.07 Å². The van der Waals surface area contributed by atoms with E-state index in [2.05, 4.69) is 5.32 Å². The largest absolute Gasteiger partial charge is 0.352 e. The number of ketones is 1. The van der Waals surface area contributed by atoms with Gasteiger partial charge in [0.25, 0.3) is 0 Å². The summed E-state index contributed by atoms with van der Waals surface area (Å²) in [6, 6.07) is 1.43. The number of imide groups is 1. The van der Waals surface area contributed by atoms with Crippen LogP contribution in [0, 0.1) is 17.2 Å². The predicted molar refractivity (Wildman–Crippen MR) is 88.1 cm³/mol. The number of nitrogens with zero attached hydrogens (tertiary/aromatic N) is 3. The Kier molecular flexibility index (Phi) is 6.51. The van der Waals surface area contributed by atoms with Crippen LogP contribution >= 0.6 is 0 Å². The van der Waals surface area contributed by atoms with E-state index in [0.29, 0.717) is 0 Å². The van der Waals surface area contributed by atoms with Gasteiger partial charge in [0.15, 0.2) is 11.7 Å². The quantitative estimate of drug-likeness (QED) is 0.541. The van der Waals surface area contributed by atoms with Crippen LogP contribution in [0.15, 0.2) is 0 Å². The van der Waals surface area contributed by atoms with Crippen molar-refractivity contribution in [2.75, 3.05) is 20.1 Å². The molecule has 0 bridgehead atoms. The van der Waals surface area contributed by atoms with Crippen LogP contribution in [0.3, 0.4) is 0 Å². The molecule has 0 spiro atoms. The van der Waals surface area contributed by atoms with Crippen LogP contribution in [-0.2, 0) is 14.4 Å². The van der Waals surface area contributed by atoms with Gasteiger partial charge in [0.2, 0.25) is 11.8 Å². The molecule has 1 aliphatic heterocycles. The summed E-state index contributed by atoms with van der Waals surface area (Å²) in [6.07, 6.45) is 5.23. The molecule has 1 atom stereocenters. The topological polar surface area (TPSA) is 111 Å². The number of hydrogen-bond acceptors (Lipinski definition) is 5. The van der Waals surface area contributed by atoms with Crippen molar-refractivity contribution in [3.8, 4) is 6.07 Å². The summed E-state index contributed by atoms with van der Waals surface area (Å²) >= 11 is 0. The normalized spacial score (nSPS) is 19.7. The van der Waals surface area contributed by atoms with Crippen molar-refractivity contribution in [1.82, 2.24) is 15.1 Å². The minimum Gasteiger partial charge on any atom is -0.352 e. The third-order valence-electron chi connectivity index (χ3n) is 4.70. The molecule has 0 aromatic rings. The summed E-state index contributed by atoms with van der Waals surface area (Å²) in [5.74, 6) is -2.63. The van der Waals surface area contributed by atoms with Gasteiger partial charge in [0.1, 0.15) is 6.54 Å². The summed E-state index contributed by atoms with van der Waals surface area (Å²) in [7, 11) is 1.53. The fourth-order valence-electron chi connectivity index (χ4n) is 3.25. The zero-order chi connectivity index (χ0) is 18.4. The number of amides is 4. The van der Waals surface area contributed by atoms with Gasteiger partial charge in [-0.25, -0.2) is 4.79 Å². The van der Waals surface area contributed by atoms with Gasteiger partial charge in [0.05, 0.1) is 6.07 Å². The summed E-state index contributed by atoms with van der Waals surface area (Å²) < 4.78 is 0. The Bertz CT molecular complexity index is 592. The average Bonchev–Trinajstić information content (AvgIpc) is 2.82. The van der Waals surface area contributed by atoms with E-state index in [1.807, 2.05) is 0 Å². The molecule has 2 aliphatic rings. The third kappa shape index (κ3) is 4.78. The Balaban J connectivity index is 1.79. The van der Waals surface area contributed by atoms with E-state index in [9.17, 15) is 19.2 Å². The molecule has 1 saturated heterocycles. The number of nitrogens with one attached hydrogen (secondary N) is 1. The maximum atomic E-state index is 12.2. The molecule has 0 unspecified atom stereocenters. The second kappa shape index (κ2) is 8.60. The molecule has 0 radical (unpaired) electrons. The molecular weight excluding hydrogens is 324 g/mol. The molecule has 1 heterocycles. The van der Waals surface area contributed by atoms with E-state index in [0.717, 1.165) is 37.0 Å². The lowest BCUT2D eigenvalue weighted by molar-refractivity contribution is -0.133. The van der Waals surface area contributed by atoms with Gasteiger partial charge in [-0.05, 0) is 19.3 Å². The molecule has 1 N–H and O–H groups in total. The van der Waals surface area contributed by atoms with Crippen molar-refractivity contribution in [2.45, 2.75) is 51.0 Å². The summed E-state index contributed by atoms with van der Waals surface area (Å²) in [4.78, 5) is 50.1. The zero-order valence-electron chi connectivity index (χ0n) is 14.5. The van der Waals surface area contributed by atoms with Crippen LogP contribution in [0.5, 0.6) is 0 Å². The van der Waals surface area contributed by atoms with Crippen molar-refractivity contribution in [1.29, 1.82) is 5.26 Å². The van der Waals surface area contributed by atoms with E-state index < -0.39 is 17.6 Å². The number of carbonyl (C=O) groups is 4. The maximum absolute atomic E-state index is 12.2. The van der Waals surface area contributed by atoms with Gasteiger partial charge in [-0.3, -0.25) is 19.3 Å².